The molecular weight excluding hydrogens is 613 g/mol. The summed E-state index contributed by atoms with van der Waals surface area (Å²) in [5, 5.41) is 11.6. The van der Waals surface area contributed by atoms with E-state index >= 15 is 0 Å². The van der Waals surface area contributed by atoms with Crippen LogP contribution in [0.3, 0.4) is 0 Å². The predicted molar refractivity (Wildman–Crippen MR) is 211 cm³/mol. The minimum Gasteiger partial charge on any atom is -0.317 e. The molecule has 49 heavy (non-hydrogen) atoms. The van der Waals surface area contributed by atoms with E-state index in [4.69, 9.17) is 0 Å². The van der Waals surface area contributed by atoms with Crippen LogP contribution in [0.1, 0.15) is 0 Å². The van der Waals surface area contributed by atoms with E-state index in [0.717, 1.165) is 0 Å². The van der Waals surface area contributed by atoms with E-state index in [0.29, 0.717) is 0 Å². The van der Waals surface area contributed by atoms with Crippen LogP contribution >= 0.6 is 11.3 Å². The standard InChI is InChI=1S/C46H28N2S/c1-3-11-32(12-4-1)47-24-23-30-25-31-27-38(36-20-21-37-35-16-8-10-18-44(35)49-46(37)45(36)39(31)28-43(30)47)29-19-22-42-40(26-29)34-15-7-9-17-41(34)48(42)33-13-5-2-6-14-33/h1-28H. The van der Waals surface area contributed by atoms with Crippen LogP contribution in [0.25, 0.3) is 96.9 Å². The molecule has 0 aliphatic heterocycles. The molecule has 0 saturated heterocycles. The Bertz CT molecular complexity index is 3090. The molecule has 228 valence electrons. The first kappa shape index (κ1) is 26.9. The number of benzene rings is 8. The van der Waals surface area contributed by atoms with E-state index in [1.54, 1.807) is 0 Å². The van der Waals surface area contributed by atoms with Crippen molar-refractivity contribution in [3.05, 3.63) is 170 Å². The fraction of sp³-hybridized carbons (Fsp3) is 0. The lowest BCUT2D eigenvalue weighted by molar-refractivity contribution is 1.13. The van der Waals surface area contributed by atoms with E-state index in [1.165, 1.54) is 96.9 Å². The van der Waals surface area contributed by atoms with E-state index < -0.39 is 0 Å². The maximum atomic E-state index is 2.42. The number of hydrogen-bond acceptors (Lipinski definition) is 1. The quantitative estimate of drug-likeness (QED) is 0.170. The Hall–Kier alpha value is -6.16. The van der Waals surface area contributed by atoms with Gasteiger partial charge in [0.15, 0.2) is 0 Å². The topological polar surface area (TPSA) is 9.86 Å². The van der Waals surface area contributed by atoms with Crippen molar-refractivity contribution >= 4 is 85.8 Å². The summed E-state index contributed by atoms with van der Waals surface area (Å²) in [6, 6.07) is 60.2. The molecule has 11 aromatic rings. The molecule has 0 fully saturated rings. The van der Waals surface area contributed by atoms with Crippen molar-refractivity contribution in [2.75, 3.05) is 0 Å². The van der Waals surface area contributed by atoms with Crippen LogP contribution in [0.15, 0.2) is 170 Å². The first-order valence-corrected chi connectivity index (χ1v) is 17.6. The molecule has 2 nitrogen and oxygen atoms in total. The highest BCUT2D eigenvalue weighted by molar-refractivity contribution is 7.26. The molecule has 0 aliphatic carbocycles. The summed E-state index contributed by atoms with van der Waals surface area (Å²) < 4.78 is 7.38. The van der Waals surface area contributed by atoms with Crippen LogP contribution in [0.5, 0.6) is 0 Å². The molecule has 0 radical (unpaired) electrons. The highest BCUT2D eigenvalue weighted by Crippen LogP contribution is 2.46. The molecular formula is C46H28N2S. The van der Waals surface area contributed by atoms with Gasteiger partial charge in [-0.15, -0.1) is 11.3 Å². The molecule has 0 atom stereocenters. The maximum absolute atomic E-state index is 2.42. The molecule has 0 spiro atoms. The van der Waals surface area contributed by atoms with Crippen LogP contribution in [0.4, 0.5) is 0 Å². The minimum atomic E-state index is 1.17. The van der Waals surface area contributed by atoms with E-state index in [-0.39, 0.29) is 0 Å². The van der Waals surface area contributed by atoms with Crippen LogP contribution < -0.4 is 0 Å². The second kappa shape index (κ2) is 10.2. The average Bonchev–Trinajstić information content (AvgIpc) is 3.85. The van der Waals surface area contributed by atoms with Gasteiger partial charge in [-0.3, -0.25) is 0 Å². The number of thiophene rings is 1. The Morgan fingerprint density at radius 3 is 1.98 bits per heavy atom. The summed E-state index contributed by atoms with van der Waals surface area (Å²) in [5.74, 6) is 0. The second-order valence-corrected chi connectivity index (χ2v) is 14.0. The Labute approximate surface area is 286 Å². The van der Waals surface area contributed by atoms with Crippen molar-refractivity contribution in [2.45, 2.75) is 0 Å². The number of aromatic nitrogens is 2. The number of para-hydroxylation sites is 3. The lowest BCUT2D eigenvalue weighted by Gasteiger charge is -2.14. The Morgan fingerprint density at radius 2 is 1.12 bits per heavy atom. The van der Waals surface area contributed by atoms with Crippen LogP contribution in [0.2, 0.25) is 0 Å². The SMILES string of the molecule is c1ccc(-n2ccc3cc4cc(-c5ccc6c(c5)c5ccccc5n6-c5ccccc5)c5ccc6c7ccccc7sc6c5c4cc32)cc1. The van der Waals surface area contributed by atoms with Crippen molar-refractivity contribution in [3.8, 4) is 22.5 Å². The minimum absolute atomic E-state index is 1.17. The normalized spacial score (nSPS) is 12.1. The van der Waals surface area contributed by atoms with Gasteiger partial charge in [0.2, 0.25) is 0 Å². The monoisotopic (exact) mass is 640 g/mol. The van der Waals surface area contributed by atoms with Crippen molar-refractivity contribution in [1.29, 1.82) is 0 Å². The smallest absolute Gasteiger partial charge is 0.0541 e. The summed E-state index contributed by atoms with van der Waals surface area (Å²) in [6.45, 7) is 0. The summed E-state index contributed by atoms with van der Waals surface area (Å²) >= 11 is 1.91. The first-order valence-electron chi connectivity index (χ1n) is 16.8. The largest absolute Gasteiger partial charge is 0.317 e. The third-order valence-electron chi connectivity index (χ3n) is 10.3. The molecule has 3 aromatic heterocycles. The third-order valence-corrected chi connectivity index (χ3v) is 11.5. The maximum Gasteiger partial charge on any atom is 0.0541 e. The lowest BCUT2D eigenvalue weighted by Crippen LogP contribution is -1.93. The summed E-state index contributed by atoms with van der Waals surface area (Å²) in [7, 11) is 0. The van der Waals surface area contributed by atoms with Gasteiger partial charge in [-0.05, 0) is 100 Å². The van der Waals surface area contributed by atoms with E-state index in [1.807, 2.05) is 11.3 Å². The number of rotatable bonds is 3. The number of fused-ring (bicyclic) bond motifs is 11. The highest BCUT2D eigenvalue weighted by Gasteiger charge is 2.18. The van der Waals surface area contributed by atoms with Crippen molar-refractivity contribution in [3.63, 3.8) is 0 Å². The zero-order chi connectivity index (χ0) is 32.1. The third kappa shape index (κ3) is 3.88. The Kier molecular flexibility index (Phi) is 5.57. The van der Waals surface area contributed by atoms with Gasteiger partial charge in [0.25, 0.3) is 0 Å². The summed E-state index contributed by atoms with van der Waals surface area (Å²) in [4.78, 5) is 0. The second-order valence-electron chi connectivity index (χ2n) is 13.0. The molecule has 8 aromatic carbocycles. The van der Waals surface area contributed by atoms with Gasteiger partial charge in [0.05, 0.1) is 16.6 Å². The van der Waals surface area contributed by atoms with E-state index in [2.05, 4.69) is 179 Å². The van der Waals surface area contributed by atoms with E-state index in [9.17, 15) is 0 Å². The highest BCUT2D eigenvalue weighted by atomic mass is 32.1. The molecule has 0 amide bonds. The van der Waals surface area contributed by atoms with Gasteiger partial charge in [0, 0.05) is 59.3 Å². The van der Waals surface area contributed by atoms with Crippen LogP contribution in [0, 0.1) is 0 Å². The fourth-order valence-corrected chi connectivity index (χ4v) is 9.36. The molecule has 0 unspecified atom stereocenters. The number of hydrogen-bond donors (Lipinski definition) is 0. The summed E-state index contributed by atoms with van der Waals surface area (Å²) in [5.41, 5.74) is 8.52. The molecule has 11 rings (SSSR count). The van der Waals surface area contributed by atoms with Gasteiger partial charge in [0.1, 0.15) is 0 Å². The molecule has 0 N–H and O–H groups in total. The van der Waals surface area contributed by atoms with Crippen LogP contribution in [-0.4, -0.2) is 9.13 Å². The van der Waals surface area contributed by atoms with Crippen LogP contribution in [-0.2, 0) is 0 Å². The molecule has 3 heteroatoms. The number of nitrogens with zero attached hydrogens (tertiary/aromatic N) is 2. The molecule has 3 heterocycles. The first-order chi connectivity index (χ1) is 24.3. The van der Waals surface area contributed by atoms with Crippen molar-refractivity contribution in [1.82, 2.24) is 9.13 Å². The average molecular weight is 641 g/mol. The van der Waals surface area contributed by atoms with Gasteiger partial charge in [-0.25, -0.2) is 0 Å². The zero-order valence-corrected chi connectivity index (χ0v) is 27.3. The van der Waals surface area contributed by atoms with Gasteiger partial charge >= 0.3 is 0 Å². The van der Waals surface area contributed by atoms with Crippen molar-refractivity contribution < 1.29 is 0 Å². The molecule has 0 aliphatic rings. The van der Waals surface area contributed by atoms with Gasteiger partial charge in [-0.1, -0.05) is 91.0 Å². The Balaban J connectivity index is 1.25. The van der Waals surface area contributed by atoms with Gasteiger partial charge in [-0.2, -0.15) is 0 Å². The molecule has 0 bridgehead atoms. The van der Waals surface area contributed by atoms with Crippen molar-refractivity contribution in [2.24, 2.45) is 0 Å². The fourth-order valence-electron chi connectivity index (χ4n) is 8.10. The lowest BCUT2D eigenvalue weighted by atomic mass is 9.91. The zero-order valence-electron chi connectivity index (χ0n) is 26.5. The van der Waals surface area contributed by atoms with Gasteiger partial charge < -0.3 is 9.13 Å². The Morgan fingerprint density at radius 1 is 0.408 bits per heavy atom. The molecule has 0 saturated carbocycles. The predicted octanol–water partition coefficient (Wildman–Crippen LogP) is 13.1. The summed E-state index contributed by atoms with van der Waals surface area (Å²) in [6.07, 6.45) is 2.20.